The molecule has 1 aliphatic heterocycles. The first-order valence-corrected chi connectivity index (χ1v) is 7.64. The Balaban J connectivity index is 1.70. The van der Waals surface area contributed by atoms with E-state index >= 15 is 0 Å². The van der Waals surface area contributed by atoms with Crippen molar-refractivity contribution >= 4 is 40.3 Å². The Labute approximate surface area is 139 Å². The van der Waals surface area contributed by atoms with Gasteiger partial charge in [0.05, 0.1) is 0 Å². The van der Waals surface area contributed by atoms with Gasteiger partial charge in [-0.3, -0.25) is 0 Å². The number of benzene rings is 2. The van der Waals surface area contributed by atoms with Gasteiger partial charge >= 0.3 is 0 Å². The van der Waals surface area contributed by atoms with Gasteiger partial charge in [0.1, 0.15) is 13.2 Å². The molecule has 0 bridgehead atoms. The van der Waals surface area contributed by atoms with E-state index in [1.165, 1.54) is 0 Å². The maximum absolute atomic E-state index is 6.01. The van der Waals surface area contributed by atoms with Crippen LogP contribution in [0.15, 0.2) is 36.4 Å². The predicted octanol–water partition coefficient (Wildman–Crippen LogP) is 4.23. The topological polar surface area (TPSA) is 42.5 Å². The largest absolute Gasteiger partial charge is 0.486 e. The SMILES string of the molecule is Cc1ccc(Cl)cc1NC(=S)Nc1ccc2c(c1)OCCO2. The number of hydrogen-bond acceptors (Lipinski definition) is 3. The Morgan fingerprint density at radius 1 is 1.05 bits per heavy atom. The minimum absolute atomic E-state index is 0.488. The molecule has 0 saturated carbocycles. The molecule has 0 spiro atoms. The van der Waals surface area contributed by atoms with Gasteiger partial charge in [0.2, 0.25) is 0 Å². The smallest absolute Gasteiger partial charge is 0.175 e. The van der Waals surface area contributed by atoms with E-state index in [2.05, 4.69) is 10.6 Å². The molecule has 0 aliphatic carbocycles. The van der Waals surface area contributed by atoms with E-state index in [1.807, 2.05) is 43.3 Å². The van der Waals surface area contributed by atoms with Crippen LogP contribution in [-0.4, -0.2) is 18.3 Å². The summed E-state index contributed by atoms with van der Waals surface area (Å²) in [4.78, 5) is 0. The van der Waals surface area contributed by atoms with E-state index in [1.54, 1.807) is 0 Å². The molecule has 0 unspecified atom stereocenters. The van der Waals surface area contributed by atoms with E-state index in [4.69, 9.17) is 33.3 Å². The van der Waals surface area contributed by atoms with Gasteiger partial charge in [0.15, 0.2) is 16.6 Å². The van der Waals surface area contributed by atoms with E-state index in [0.29, 0.717) is 23.3 Å². The zero-order valence-electron chi connectivity index (χ0n) is 12.0. The van der Waals surface area contributed by atoms with Crippen LogP contribution in [0.2, 0.25) is 5.02 Å². The molecule has 3 rings (SSSR count). The third-order valence-electron chi connectivity index (χ3n) is 3.25. The Morgan fingerprint density at radius 2 is 1.82 bits per heavy atom. The van der Waals surface area contributed by atoms with Gasteiger partial charge in [-0.15, -0.1) is 0 Å². The fourth-order valence-electron chi connectivity index (χ4n) is 2.13. The van der Waals surface area contributed by atoms with Crippen molar-refractivity contribution in [3.05, 3.63) is 47.0 Å². The summed E-state index contributed by atoms with van der Waals surface area (Å²) < 4.78 is 11.0. The molecule has 4 nitrogen and oxygen atoms in total. The normalized spacial score (nSPS) is 12.6. The maximum Gasteiger partial charge on any atom is 0.175 e. The van der Waals surface area contributed by atoms with Crippen LogP contribution in [0.3, 0.4) is 0 Å². The van der Waals surface area contributed by atoms with Gasteiger partial charge in [0.25, 0.3) is 0 Å². The highest BCUT2D eigenvalue weighted by Gasteiger charge is 2.12. The van der Waals surface area contributed by atoms with Crippen molar-refractivity contribution < 1.29 is 9.47 Å². The van der Waals surface area contributed by atoms with Gasteiger partial charge in [-0.05, 0) is 49.0 Å². The van der Waals surface area contributed by atoms with Gasteiger partial charge in [-0.2, -0.15) is 0 Å². The number of aryl methyl sites for hydroxylation is 1. The van der Waals surface area contributed by atoms with Gasteiger partial charge in [-0.1, -0.05) is 17.7 Å². The third kappa shape index (κ3) is 3.43. The molecule has 22 heavy (non-hydrogen) atoms. The number of fused-ring (bicyclic) bond motifs is 1. The van der Waals surface area contributed by atoms with Crippen LogP contribution >= 0.6 is 23.8 Å². The van der Waals surface area contributed by atoms with Crippen LogP contribution in [0.5, 0.6) is 11.5 Å². The van der Waals surface area contributed by atoms with Crippen LogP contribution in [0.4, 0.5) is 11.4 Å². The molecule has 0 amide bonds. The van der Waals surface area contributed by atoms with Crippen molar-refractivity contribution in [1.29, 1.82) is 0 Å². The average Bonchev–Trinajstić information content (AvgIpc) is 2.51. The van der Waals surface area contributed by atoms with Crippen molar-refractivity contribution in [3.63, 3.8) is 0 Å². The number of anilines is 2. The molecular formula is C16H15ClN2O2S. The van der Waals surface area contributed by atoms with Crippen LogP contribution in [0.1, 0.15) is 5.56 Å². The molecule has 1 heterocycles. The van der Waals surface area contributed by atoms with E-state index in [-0.39, 0.29) is 0 Å². The van der Waals surface area contributed by atoms with Crippen LogP contribution in [-0.2, 0) is 0 Å². The zero-order chi connectivity index (χ0) is 15.5. The first-order chi connectivity index (χ1) is 10.6. The lowest BCUT2D eigenvalue weighted by molar-refractivity contribution is 0.171. The molecule has 0 fully saturated rings. The number of nitrogens with one attached hydrogen (secondary N) is 2. The van der Waals surface area contributed by atoms with Crippen molar-refractivity contribution in [2.75, 3.05) is 23.8 Å². The molecule has 0 saturated heterocycles. The minimum Gasteiger partial charge on any atom is -0.486 e. The highest BCUT2D eigenvalue weighted by molar-refractivity contribution is 7.80. The second-order valence-electron chi connectivity index (χ2n) is 4.90. The van der Waals surface area contributed by atoms with Crippen LogP contribution in [0, 0.1) is 6.92 Å². The van der Waals surface area contributed by atoms with E-state index in [9.17, 15) is 0 Å². The second-order valence-corrected chi connectivity index (χ2v) is 5.74. The molecule has 0 radical (unpaired) electrons. The summed E-state index contributed by atoms with van der Waals surface area (Å²) >= 11 is 11.3. The molecule has 6 heteroatoms. The summed E-state index contributed by atoms with van der Waals surface area (Å²) in [5, 5.41) is 7.42. The molecule has 0 atom stereocenters. The Morgan fingerprint density at radius 3 is 2.64 bits per heavy atom. The molecule has 2 N–H and O–H groups in total. The number of thiocarbonyl (C=S) groups is 1. The number of rotatable bonds is 2. The molecule has 2 aromatic rings. The summed E-state index contributed by atoms with van der Waals surface area (Å²) in [5.74, 6) is 1.47. The second kappa shape index (κ2) is 6.42. The van der Waals surface area contributed by atoms with Gasteiger partial charge in [0, 0.05) is 22.5 Å². The quantitative estimate of drug-likeness (QED) is 0.805. The minimum atomic E-state index is 0.488. The first-order valence-electron chi connectivity index (χ1n) is 6.85. The molecule has 114 valence electrons. The lowest BCUT2D eigenvalue weighted by Crippen LogP contribution is -2.20. The number of halogens is 1. The molecular weight excluding hydrogens is 320 g/mol. The maximum atomic E-state index is 6.01. The number of ether oxygens (including phenoxy) is 2. The van der Waals surface area contributed by atoms with Gasteiger partial charge in [-0.25, -0.2) is 0 Å². The predicted molar refractivity (Wildman–Crippen MR) is 93.5 cm³/mol. The van der Waals surface area contributed by atoms with Crippen molar-refractivity contribution in [1.82, 2.24) is 0 Å². The van der Waals surface area contributed by atoms with Gasteiger partial charge < -0.3 is 20.1 Å². The summed E-state index contributed by atoms with van der Waals surface area (Å²) in [6.07, 6.45) is 0. The van der Waals surface area contributed by atoms with Crippen molar-refractivity contribution in [2.24, 2.45) is 0 Å². The Bertz CT molecular complexity index is 721. The lowest BCUT2D eigenvalue weighted by Gasteiger charge is -2.19. The summed E-state index contributed by atoms with van der Waals surface area (Å²) in [6.45, 7) is 3.12. The summed E-state index contributed by atoms with van der Waals surface area (Å²) in [5.41, 5.74) is 2.78. The van der Waals surface area contributed by atoms with Crippen LogP contribution in [0.25, 0.3) is 0 Å². The number of hydrogen-bond donors (Lipinski definition) is 2. The Kier molecular flexibility index (Phi) is 4.36. The fourth-order valence-corrected chi connectivity index (χ4v) is 2.53. The third-order valence-corrected chi connectivity index (χ3v) is 3.69. The van der Waals surface area contributed by atoms with E-state index in [0.717, 1.165) is 28.4 Å². The lowest BCUT2D eigenvalue weighted by atomic mass is 10.2. The Hall–Kier alpha value is -1.98. The zero-order valence-corrected chi connectivity index (χ0v) is 13.6. The molecule has 2 aromatic carbocycles. The van der Waals surface area contributed by atoms with E-state index < -0.39 is 0 Å². The van der Waals surface area contributed by atoms with Crippen molar-refractivity contribution in [3.8, 4) is 11.5 Å². The average molecular weight is 335 g/mol. The summed E-state index contributed by atoms with van der Waals surface area (Å²) in [7, 11) is 0. The standard InChI is InChI=1S/C16H15ClN2O2S/c1-10-2-3-11(17)8-13(10)19-16(22)18-12-4-5-14-15(9-12)21-7-6-20-14/h2-5,8-9H,6-7H2,1H3,(H2,18,19,22). The monoisotopic (exact) mass is 334 g/mol. The van der Waals surface area contributed by atoms with Crippen LogP contribution < -0.4 is 20.1 Å². The first kappa shape index (κ1) is 14.9. The molecule has 0 aromatic heterocycles. The molecule has 1 aliphatic rings. The fraction of sp³-hybridized carbons (Fsp3) is 0.188. The highest BCUT2D eigenvalue weighted by Crippen LogP contribution is 2.32. The summed E-state index contributed by atoms with van der Waals surface area (Å²) in [6, 6.07) is 11.3. The van der Waals surface area contributed by atoms with Crippen molar-refractivity contribution in [2.45, 2.75) is 6.92 Å². The highest BCUT2D eigenvalue weighted by atomic mass is 35.5.